The van der Waals surface area contributed by atoms with E-state index in [1.165, 1.54) is 12.8 Å². The highest BCUT2D eigenvalue weighted by Crippen LogP contribution is 2.41. The Morgan fingerprint density at radius 3 is 2.50 bits per heavy atom. The van der Waals surface area contributed by atoms with Crippen molar-refractivity contribution in [1.29, 1.82) is 0 Å². The smallest absolute Gasteiger partial charge is 0.319 e. The Bertz CT molecular complexity index is 1740. The molecule has 8 rings (SSSR count). The number of benzene rings is 3. The summed E-state index contributed by atoms with van der Waals surface area (Å²) in [6.45, 7) is 1.62. The summed E-state index contributed by atoms with van der Waals surface area (Å²) in [4.78, 5) is 14.4. The molecule has 0 spiro atoms. The van der Waals surface area contributed by atoms with Gasteiger partial charge < -0.3 is 25.0 Å². The van der Waals surface area contributed by atoms with Gasteiger partial charge in [0.25, 0.3) is 0 Å². The molecule has 0 amide bonds. The number of piperidine rings is 1. The van der Waals surface area contributed by atoms with E-state index in [1.54, 1.807) is 18.2 Å². The van der Waals surface area contributed by atoms with Crippen LogP contribution in [0.5, 0.6) is 11.8 Å². The van der Waals surface area contributed by atoms with Crippen LogP contribution in [0.4, 0.5) is 10.2 Å². The fourth-order valence-corrected chi connectivity index (χ4v) is 7.95. The fraction of sp³-hybridized carbons (Fsp3) is 0.412. The van der Waals surface area contributed by atoms with Gasteiger partial charge in [-0.2, -0.15) is 9.97 Å². The molecule has 5 atom stereocenters. The topological polar surface area (TPSA) is 73.8 Å². The van der Waals surface area contributed by atoms with E-state index in [0.29, 0.717) is 46.2 Å². The number of hydrogen-bond acceptors (Lipinski definition) is 7. The first-order valence-corrected chi connectivity index (χ1v) is 15.1. The Morgan fingerprint density at radius 1 is 1.00 bits per heavy atom. The molecule has 0 aliphatic carbocycles. The molecule has 4 bridgehead atoms. The molecule has 5 heterocycles. The Kier molecular flexibility index (Phi) is 6.02. The highest BCUT2D eigenvalue weighted by Gasteiger charge is 2.40. The highest BCUT2D eigenvalue weighted by molar-refractivity contribution is 6.04. The maximum absolute atomic E-state index is 16.8. The lowest BCUT2D eigenvalue weighted by atomic mass is 9.93. The molecule has 7 nitrogen and oxygen atoms in total. The van der Waals surface area contributed by atoms with Gasteiger partial charge >= 0.3 is 6.01 Å². The lowest BCUT2D eigenvalue weighted by Gasteiger charge is -2.36. The number of aromatic hydroxyl groups is 1. The molecule has 8 heteroatoms. The number of phenols is 1. The summed E-state index contributed by atoms with van der Waals surface area (Å²) in [5.41, 5.74) is 1.73. The molecule has 0 saturated carbocycles. The van der Waals surface area contributed by atoms with E-state index in [0.717, 1.165) is 55.4 Å². The zero-order valence-electron chi connectivity index (χ0n) is 23.7. The normalized spacial score (nSPS) is 27.1. The first-order valence-electron chi connectivity index (χ1n) is 15.1. The van der Waals surface area contributed by atoms with Gasteiger partial charge in [0.1, 0.15) is 23.2 Å². The second-order valence-corrected chi connectivity index (χ2v) is 12.5. The molecule has 3 unspecified atom stereocenters. The summed E-state index contributed by atoms with van der Waals surface area (Å²) < 4.78 is 23.3. The van der Waals surface area contributed by atoms with E-state index < -0.39 is 5.82 Å². The minimum Gasteiger partial charge on any atom is -0.508 e. The quantitative estimate of drug-likeness (QED) is 0.330. The van der Waals surface area contributed by atoms with Crippen molar-refractivity contribution in [2.24, 2.45) is 0 Å². The molecule has 0 radical (unpaired) electrons. The summed E-state index contributed by atoms with van der Waals surface area (Å²) in [5, 5.41) is 16.4. The Balaban J connectivity index is 1.28. The predicted molar refractivity (Wildman–Crippen MR) is 162 cm³/mol. The van der Waals surface area contributed by atoms with Crippen LogP contribution >= 0.6 is 0 Å². The molecule has 4 aromatic rings. The van der Waals surface area contributed by atoms with Gasteiger partial charge in [0.15, 0.2) is 5.82 Å². The van der Waals surface area contributed by atoms with Crippen LogP contribution in [-0.2, 0) is 0 Å². The SMILES string of the molecule is C#Cc1cccc2cc(O)cc(-c3ccc4c(N5CC6CCC(C5)N6)nc(OC5C[C@H]6CC[C@@H](C5)N6C)nc4c3F)c12. The van der Waals surface area contributed by atoms with Crippen molar-refractivity contribution in [2.45, 2.75) is 68.8 Å². The van der Waals surface area contributed by atoms with Crippen molar-refractivity contribution in [3.05, 3.63) is 53.8 Å². The summed E-state index contributed by atoms with van der Waals surface area (Å²) in [5.74, 6) is 3.03. The van der Waals surface area contributed by atoms with E-state index in [4.69, 9.17) is 21.1 Å². The van der Waals surface area contributed by atoms with Crippen LogP contribution in [0.15, 0.2) is 42.5 Å². The van der Waals surface area contributed by atoms with Crippen LogP contribution in [0, 0.1) is 18.2 Å². The lowest BCUT2D eigenvalue weighted by Crippen LogP contribution is -2.51. The summed E-state index contributed by atoms with van der Waals surface area (Å²) in [7, 11) is 2.20. The molecule has 42 heavy (non-hydrogen) atoms. The maximum Gasteiger partial charge on any atom is 0.319 e. The molecule has 214 valence electrons. The van der Waals surface area contributed by atoms with E-state index >= 15 is 4.39 Å². The second-order valence-electron chi connectivity index (χ2n) is 12.5. The number of terminal acetylenes is 1. The molecule has 3 aromatic carbocycles. The van der Waals surface area contributed by atoms with E-state index in [-0.39, 0.29) is 23.4 Å². The number of halogens is 1. The van der Waals surface area contributed by atoms with Gasteiger partial charge in [0.05, 0.1) is 0 Å². The number of anilines is 1. The van der Waals surface area contributed by atoms with Crippen molar-refractivity contribution in [3.63, 3.8) is 0 Å². The Hall–Kier alpha value is -3.93. The Morgan fingerprint density at radius 2 is 1.76 bits per heavy atom. The summed E-state index contributed by atoms with van der Waals surface area (Å²) in [6.07, 6.45) is 12.3. The molecule has 4 aliphatic rings. The average Bonchev–Trinajstić information content (AvgIpc) is 3.41. The molecule has 4 aliphatic heterocycles. The number of piperazine rings is 1. The van der Waals surface area contributed by atoms with E-state index in [1.807, 2.05) is 24.3 Å². The largest absolute Gasteiger partial charge is 0.508 e. The standard InChI is InChI=1S/C34H34FN5O2/c1-3-19-5-4-6-20-13-25(41)16-29(30(19)20)27-11-12-28-32(31(27)35)37-34(42-26-14-23-9-10-24(15-26)39(23)2)38-33(28)40-17-21-7-8-22(18-40)36-21/h1,4-6,11-13,16,21-24,26,36,41H,7-10,14-15,17-18H2,2H3/t21?,22?,23-,24+,26?. The van der Waals surface area contributed by atoms with Crippen molar-refractivity contribution in [1.82, 2.24) is 20.2 Å². The zero-order chi connectivity index (χ0) is 28.5. The van der Waals surface area contributed by atoms with Gasteiger partial charge in [0.2, 0.25) is 0 Å². The van der Waals surface area contributed by atoms with Crippen LogP contribution in [0.25, 0.3) is 32.8 Å². The van der Waals surface area contributed by atoms with Crippen LogP contribution < -0.4 is 15.0 Å². The van der Waals surface area contributed by atoms with Gasteiger partial charge in [-0.05, 0) is 67.9 Å². The van der Waals surface area contributed by atoms with Crippen LogP contribution in [0.2, 0.25) is 0 Å². The van der Waals surface area contributed by atoms with Crippen LogP contribution in [0.3, 0.4) is 0 Å². The maximum atomic E-state index is 16.8. The predicted octanol–water partition coefficient (Wildman–Crippen LogP) is 5.22. The fourth-order valence-electron chi connectivity index (χ4n) is 7.95. The third-order valence-corrected chi connectivity index (χ3v) is 10.0. The van der Waals surface area contributed by atoms with E-state index in [9.17, 15) is 5.11 Å². The molecular weight excluding hydrogens is 529 g/mol. The molecular formula is C34H34FN5O2. The number of phenolic OH excluding ortho intramolecular Hbond substituents is 1. The third kappa shape index (κ3) is 4.18. The third-order valence-electron chi connectivity index (χ3n) is 10.0. The van der Waals surface area contributed by atoms with Crippen molar-refractivity contribution in [2.75, 3.05) is 25.0 Å². The first kappa shape index (κ1) is 25.8. The van der Waals surface area contributed by atoms with Crippen LogP contribution in [0.1, 0.15) is 44.1 Å². The van der Waals surface area contributed by atoms with E-state index in [2.05, 4.69) is 28.1 Å². The minimum absolute atomic E-state index is 0.00245. The first-order chi connectivity index (χ1) is 20.4. The molecule has 1 aromatic heterocycles. The van der Waals surface area contributed by atoms with Crippen molar-refractivity contribution in [3.8, 4) is 35.2 Å². The summed E-state index contributed by atoms with van der Waals surface area (Å²) in [6, 6.07) is 14.5. The minimum atomic E-state index is -0.471. The summed E-state index contributed by atoms with van der Waals surface area (Å²) >= 11 is 0. The van der Waals surface area contributed by atoms with Gasteiger partial charge in [-0.25, -0.2) is 4.39 Å². The molecule has 2 N–H and O–H groups in total. The van der Waals surface area contributed by atoms with Gasteiger partial charge in [-0.3, -0.25) is 0 Å². The Labute approximate surface area is 244 Å². The van der Waals surface area contributed by atoms with Gasteiger partial charge in [0, 0.05) is 72.0 Å². The number of nitrogens with zero attached hydrogens (tertiary/aromatic N) is 4. The number of aromatic nitrogens is 2. The van der Waals surface area contributed by atoms with Gasteiger partial charge in [-0.1, -0.05) is 24.1 Å². The number of ether oxygens (including phenoxy) is 1. The molecule has 4 saturated heterocycles. The zero-order valence-corrected chi connectivity index (χ0v) is 23.7. The monoisotopic (exact) mass is 563 g/mol. The molecule has 4 fully saturated rings. The average molecular weight is 564 g/mol. The second kappa shape index (κ2) is 9.82. The number of fused-ring (bicyclic) bond motifs is 6. The highest BCUT2D eigenvalue weighted by atomic mass is 19.1. The van der Waals surface area contributed by atoms with Crippen molar-refractivity contribution >= 4 is 27.5 Å². The number of rotatable bonds is 4. The van der Waals surface area contributed by atoms with Crippen LogP contribution in [-0.4, -0.2) is 70.4 Å². The number of nitrogens with one attached hydrogen (secondary N) is 1. The van der Waals surface area contributed by atoms with Crippen molar-refractivity contribution < 1.29 is 14.2 Å². The number of hydrogen-bond donors (Lipinski definition) is 2. The lowest BCUT2D eigenvalue weighted by molar-refractivity contribution is 0.0603. The van der Waals surface area contributed by atoms with Gasteiger partial charge in [-0.15, -0.1) is 6.42 Å².